The summed E-state index contributed by atoms with van der Waals surface area (Å²) in [4.78, 5) is 11.5. The van der Waals surface area contributed by atoms with Crippen LogP contribution in [0.2, 0.25) is 0 Å². The molecule has 0 saturated carbocycles. The minimum absolute atomic E-state index is 0.287. The molecule has 0 bridgehead atoms. The molecule has 0 N–H and O–H groups in total. The highest BCUT2D eigenvalue weighted by Gasteiger charge is 2.34. The van der Waals surface area contributed by atoms with Gasteiger partial charge >= 0.3 is 5.97 Å². The molecular formula is C13H20O2. The van der Waals surface area contributed by atoms with Crippen molar-refractivity contribution in [2.45, 2.75) is 46.1 Å². The maximum Gasteiger partial charge on any atom is 0.333 e. The van der Waals surface area contributed by atoms with E-state index in [-0.39, 0.29) is 5.97 Å². The summed E-state index contributed by atoms with van der Waals surface area (Å²) in [5.41, 5.74) is 1.45. The third-order valence-electron chi connectivity index (χ3n) is 3.01. The molecule has 0 amide bonds. The summed E-state index contributed by atoms with van der Waals surface area (Å²) in [6, 6.07) is 0. The van der Waals surface area contributed by atoms with Crippen LogP contribution in [0.3, 0.4) is 0 Å². The summed E-state index contributed by atoms with van der Waals surface area (Å²) in [7, 11) is 0. The van der Waals surface area contributed by atoms with E-state index in [4.69, 9.17) is 4.74 Å². The number of allylic oxidation sites excluding steroid dienone is 2. The molecule has 1 rings (SSSR count). The predicted molar refractivity (Wildman–Crippen MR) is 61.5 cm³/mol. The van der Waals surface area contributed by atoms with Crippen LogP contribution in [-0.2, 0) is 9.53 Å². The molecule has 2 heteroatoms. The van der Waals surface area contributed by atoms with Crippen LogP contribution >= 0.6 is 0 Å². The third-order valence-corrected chi connectivity index (χ3v) is 3.01. The second-order valence-corrected chi connectivity index (χ2v) is 4.96. The normalized spacial score (nSPS) is 21.1. The van der Waals surface area contributed by atoms with Crippen molar-refractivity contribution in [3.8, 4) is 0 Å². The number of hydrogen-bond donors (Lipinski definition) is 0. The van der Waals surface area contributed by atoms with Crippen LogP contribution in [-0.4, -0.2) is 11.6 Å². The predicted octanol–water partition coefficient (Wildman–Crippen LogP) is 3.24. The first kappa shape index (κ1) is 12.0. The van der Waals surface area contributed by atoms with Crippen molar-refractivity contribution in [2.24, 2.45) is 5.92 Å². The van der Waals surface area contributed by atoms with Crippen molar-refractivity contribution < 1.29 is 9.53 Å². The Balaban J connectivity index is 2.60. The van der Waals surface area contributed by atoms with E-state index in [0.717, 1.165) is 12.8 Å². The van der Waals surface area contributed by atoms with Gasteiger partial charge < -0.3 is 4.74 Å². The Morgan fingerprint density at radius 1 is 1.60 bits per heavy atom. The highest BCUT2D eigenvalue weighted by Crippen LogP contribution is 2.35. The van der Waals surface area contributed by atoms with Gasteiger partial charge in [-0.15, -0.1) is 0 Å². The fourth-order valence-corrected chi connectivity index (χ4v) is 1.84. The molecule has 1 atom stereocenters. The maximum atomic E-state index is 11.5. The lowest BCUT2D eigenvalue weighted by Gasteiger charge is -2.31. The molecule has 0 saturated heterocycles. The molecule has 2 nitrogen and oxygen atoms in total. The zero-order valence-electron chi connectivity index (χ0n) is 10.1. The molecule has 0 aromatic carbocycles. The van der Waals surface area contributed by atoms with Gasteiger partial charge in [0.25, 0.3) is 0 Å². The van der Waals surface area contributed by atoms with Crippen molar-refractivity contribution >= 4 is 5.97 Å². The standard InChI is InChI=1S/C13H20O2/c1-9(2)12(14)15-13(4,5)11-7-6-10(3)8-11/h6,11H,1,7-8H2,2-5H3. The Morgan fingerprint density at radius 3 is 2.60 bits per heavy atom. The fourth-order valence-electron chi connectivity index (χ4n) is 1.84. The zero-order valence-corrected chi connectivity index (χ0v) is 10.1. The first-order valence-electron chi connectivity index (χ1n) is 5.37. The van der Waals surface area contributed by atoms with E-state index in [1.54, 1.807) is 6.92 Å². The Morgan fingerprint density at radius 2 is 2.20 bits per heavy atom. The number of carbonyl (C=O) groups excluding carboxylic acids is 1. The molecule has 84 valence electrons. The topological polar surface area (TPSA) is 26.3 Å². The van der Waals surface area contributed by atoms with E-state index in [1.165, 1.54) is 5.57 Å². The molecule has 0 aliphatic heterocycles. The molecule has 0 heterocycles. The average Bonchev–Trinajstić information content (AvgIpc) is 2.51. The van der Waals surface area contributed by atoms with Crippen LogP contribution in [0.25, 0.3) is 0 Å². The molecule has 1 aliphatic carbocycles. The molecule has 0 fully saturated rings. The van der Waals surface area contributed by atoms with E-state index in [2.05, 4.69) is 19.6 Å². The largest absolute Gasteiger partial charge is 0.456 e. The maximum absolute atomic E-state index is 11.5. The zero-order chi connectivity index (χ0) is 11.6. The molecule has 0 spiro atoms. The fraction of sp³-hybridized carbons (Fsp3) is 0.615. The number of hydrogen-bond acceptors (Lipinski definition) is 2. The van der Waals surface area contributed by atoms with Gasteiger partial charge in [-0.2, -0.15) is 0 Å². The number of carbonyl (C=O) groups is 1. The van der Waals surface area contributed by atoms with Crippen molar-refractivity contribution in [3.63, 3.8) is 0 Å². The molecule has 1 aliphatic rings. The minimum Gasteiger partial charge on any atom is -0.456 e. The number of esters is 1. The van der Waals surface area contributed by atoms with Crippen LogP contribution in [0, 0.1) is 5.92 Å². The van der Waals surface area contributed by atoms with E-state index in [0.29, 0.717) is 11.5 Å². The smallest absolute Gasteiger partial charge is 0.333 e. The highest BCUT2D eigenvalue weighted by atomic mass is 16.6. The highest BCUT2D eigenvalue weighted by molar-refractivity contribution is 5.87. The number of rotatable bonds is 3. The van der Waals surface area contributed by atoms with Gasteiger partial charge in [-0.25, -0.2) is 4.79 Å². The minimum atomic E-state index is -0.399. The monoisotopic (exact) mass is 208 g/mol. The molecule has 1 unspecified atom stereocenters. The van der Waals surface area contributed by atoms with Gasteiger partial charge in [0, 0.05) is 11.5 Å². The second-order valence-electron chi connectivity index (χ2n) is 4.96. The Hall–Kier alpha value is -1.05. The molecular weight excluding hydrogens is 188 g/mol. The van der Waals surface area contributed by atoms with Gasteiger partial charge in [-0.05, 0) is 40.5 Å². The first-order valence-corrected chi connectivity index (χ1v) is 5.37. The Labute approximate surface area is 92.0 Å². The summed E-state index contributed by atoms with van der Waals surface area (Å²) >= 11 is 0. The van der Waals surface area contributed by atoms with Gasteiger partial charge in [0.15, 0.2) is 0 Å². The van der Waals surface area contributed by atoms with Gasteiger partial charge in [-0.1, -0.05) is 18.2 Å². The van der Waals surface area contributed by atoms with Crippen LogP contribution in [0.1, 0.15) is 40.5 Å². The molecule has 0 aromatic rings. The van der Waals surface area contributed by atoms with E-state index in [1.807, 2.05) is 13.8 Å². The van der Waals surface area contributed by atoms with Crippen molar-refractivity contribution in [3.05, 3.63) is 23.8 Å². The lowest BCUT2D eigenvalue weighted by molar-refractivity contribution is -0.156. The molecule has 0 aromatic heterocycles. The summed E-state index contributed by atoms with van der Waals surface area (Å²) in [6.07, 6.45) is 4.25. The summed E-state index contributed by atoms with van der Waals surface area (Å²) in [5, 5.41) is 0. The Kier molecular flexibility index (Phi) is 3.38. The SMILES string of the molecule is C=C(C)C(=O)OC(C)(C)C1CC=C(C)C1. The van der Waals surface area contributed by atoms with Crippen molar-refractivity contribution in [1.82, 2.24) is 0 Å². The van der Waals surface area contributed by atoms with Gasteiger partial charge in [0.2, 0.25) is 0 Å². The third kappa shape index (κ3) is 2.95. The van der Waals surface area contributed by atoms with Gasteiger partial charge in [-0.3, -0.25) is 0 Å². The van der Waals surface area contributed by atoms with Gasteiger partial charge in [0.05, 0.1) is 0 Å². The lowest BCUT2D eigenvalue weighted by Crippen LogP contribution is -2.35. The van der Waals surface area contributed by atoms with Crippen LogP contribution in [0.15, 0.2) is 23.8 Å². The van der Waals surface area contributed by atoms with E-state index >= 15 is 0 Å². The van der Waals surface area contributed by atoms with E-state index < -0.39 is 5.60 Å². The van der Waals surface area contributed by atoms with Crippen LogP contribution in [0.5, 0.6) is 0 Å². The first-order chi connectivity index (χ1) is 6.83. The van der Waals surface area contributed by atoms with Crippen LogP contribution in [0.4, 0.5) is 0 Å². The summed E-state index contributed by atoms with van der Waals surface area (Å²) in [5.74, 6) is 0.116. The van der Waals surface area contributed by atoms with Gasteiger partial charge in [0.1, 0.15) is 5.60 Å². The van der Waals surface area contributed by atoms with Crippen molar-refractivity contribution in [1.29, 1.82) is 0 Å². The van der Waals surface area contributed by atoms with E-state index in [9.17, 15) is 4.79 Å². The summed E-state index contributed by atoms with van der Waals surface area (Å²) < 4.78 is 5.46. The Bertz CT molecular complexity index is 310. The number of ether oxygens (including phenoxy) is 1. The van der Waals surface area contributed by atoms with Crippen molar-refractivity contribution in [2.75, 3.05) is 0 Å². The lowest BCUT2D eigenvalue weighted by atomic mass is 9.88. The average molecular weight is 208 g/mol. The molecule has 15 heavy (non-hydrogen) atoms. The second kappa shape index (κ2) is 4.21. The van der Waals surface area contributed by atoms with Crippen LogP contribution < -0.4 is 0 Å². The quantitative estimate of drug-likeness (QED) is 0.404. The molecule has 0 radical (unpaired) electrons. The summed E-state index contributed by atoms with van der Waals surface area (Å²) in [6.45, 7) is 11.3.